The van der Waals surface area contributed by atoms with E-state index in [1.54, 1.807) is 26.3 Å². The summed E-state index contributed by atoms with van der Waals surface area (Å²) in [6.45, 7) is 14.7. The molecular formula is C68H55NOSSi2. The van der Waals surface area contributed by atoms with Crippen LogP contribution in [0.1, 0.15) is 49.9 Å². The van der Waals surface area contributed by atoms with Crippen molar-refractivity contribution in [3.05, 3.63) is 235 Å². The van der Waals surface area contributed by atoms with Crippen LogP contribution in [-0.4, -0.2) is 17.6 Å². The maximum atomic E-state index is 7.15. The van der Waals surface area contributed by atoms with Crippen LogP contribution < -0.4 is 30.4 Å². The minimum absolute atomic E-state index is 0.00184. The van der Waals surface area contributed by atoms with E-state index in [-0.39, 0.29) is 10.8 Å². The summed E-state index contributed by atoms with van der Waals surface area (Å²) in [7, 11) is -2.84. The molecule has 0 amide bonds. The first-order valence-corrected chi connectivity index (χ1v) is 31.0. The van der Waals surface area contributed by atoms with E-state index in [1.165, 1.54) is 61.2 Å². The highest BCUT2D eigenvalue weighted by atomic mass is 32.2. The molecule has 0 radical (unpaired) electrons. The van der Waals surface area contributed by atoms with Crippen LogP contribution in [0.25, 0.3) is 55.6 Å². The first-order chi connectivity index (χ1) is 35.5. The molecule has 0 N–H and O–H groups in total. The second-order valence-electron chi connectivity index (χ2n) is 22.0. The van der Waals surface area contributed by atoms with Gasteiger partial charge in [-0.2, -0.15) is 0 Å². The number of ether oxygens (including phenoxy) is 1. The van der Waals surface area contributed by atoms with Crippen LogP contribution in [0.15, 0.2) is 222 Å². The Balaban J connectivity index is 0.832. The third-order valence-corrected chi connectivity index (χ3v) is 24.5. The second-order valence-corrected chi connectivity index (χ2v) is 29.2. The molecule has 0 unspecified atom stereocenters. The molecule has 2 aliphatic carbocycles. The van der Waals surface area contributed by atoms with E-state index in [2.05, 4.69) is 258 Å². The Morgan fingerprint density at radius 1 is 0.384 bits per heavy atom. The van der Waals surface area contributed by atoms with E-state index in [4.69, 9.17) is 4.74 Å². The monoisotopic (exact) mass is 989 g/mol. The van der Waals surface area contributed by atoms with Crippen LogP contribution in [0.4, 0.5) is 17.1 Å². The maximum Gasteiger partial charge on any atom is 0.149 e. The molecule has 0 bridgehead atoms. The summed E-state index contributed by atoms with van der Waals surface area (Å²) in [5.41, 5.74) is 21.7. The highest BCUT2D eigenvalue weighted by Crippen LogP contribution is 2.60. The van der Waals surface area contributed by atoms with Gasteiger partial charge in [0.1, 0.15) is 19.6 Å². The van der Waals surface area contributed by atoms with Gasteiger partial charge in [-0.15, -0.1) is 0 Å². The molecule has 10 aromatic carbocycles. The van der Waals surface area contributed by atoms with E-state index in [0.717, 1.165) is 49.5 Å². The lowest BCUT2D eigenvalue weighted by Gasteiger charge is -2.36. The van der Waals surface area contributed by atoms with Gasteiger partial charge in [-0.1, -0.05) is 237 Å². The van der Waals surface area contributed by atoms with Gasteiger partial charge in [0.2, 0.25) is 0 Å². The highest BCUT2D eigenvalue weighted by Gasteiger charge is 2.43. The normalized spacial score (nSPS) is 15.6. The van der Waals surface area contributed by atoms with Gasteiger partial charge in [-0.05, 0) is 115 Å². The molecular weight excluding hydrogens is 935 g/mol. The van der Waals surface area contributed by atoms with E-state index in [1.807, 2.05) is 11.8 Å². The van der Waals surface area contributed by atoms with Crippen LogP contribution >= 0.6 is 11.8 Å². The topological polar surface area (TPSA) is 12.5 Å². The molecule has 4 aliphatic rings. The molecule has 0 aromatic heterocycles. The molecule has 5 heteroatoms. The zero-order valence-corrected chi connectivity index (χ0v) is 45.4. The van der Waals surface area contributed by atoms with Crippen LogP contribution in [0, 0.1) is 0 Å². The Bertz CT molecular complexity index is 3890. The van der Waals surface area contributed by atoms with E-state index < -0.39 is 17.6 Å². The molecule has 0 fully saturated rings. The number of fused-ring (bicyclic) bond motifs is 12. The average molecular weight is 990 g/mol. The number of para-hydroxylation sites is 1. The minimum atomic E-state index is -2.01. The first kappa shape index (κ1) is 44.3. The van der Waals surface area contributed by atoms with Crippen LogP contribution in [0.3, 0.4) is 0 Å². The molecule has 2 nitrogen and oxygen atoms in total. The van der Waals surface area contributed by atoms with Crippen molar-refractivity contribution in [1.29, 1.82) is 0 Å². The summed E-state index contributed by atoms with van der Waals surface area (Å²) < 4.78 is 7.15. The molecule has 0 spiro atoms. The number of benzene rings is 10. The largest absolute Gasteiger partial charge is 0.454 e. The van der Waals surface area contributed by atoms with Gasteiger partial charge in [-0.25, -0.2) is 0 Å². The summed E-state index contributed by atoms with van der Waals surface area (Å²) in [4.78, 5) is 4.70. The zero-order chi connectivity index (χ0) is 49.4. The van der Waals surface area contributed by atoms with Gasteiger partial charge >= 0.3 is 0 Å². The fourth-order valence-electron chi connectivity index (χ4n) is 13.1. The van der Waals surface area contributed by atoms with Crippen molar-refractivity contribution in [2.24, 2.45) is 0 Å². The number of hydrogen-bond donors (Lipinski definition) is 0. The Morgan fingerprint density at radius 2 is 0.863 bits per heavy atom. The molecule has 0 saturated heterocycles. The Kier molecular flexibility index (Phi) is 9.89. The first-order valence-electron chi connectivity index (χ1n) is 25.8. The van der Waals surface area contributed by atoms with Crippen molar-refractivity contribution >= 4 is 67.2 Å². The minimum Gasteiger partial charge on any atom is -0.454 e. The van der Waals surface area contributed by atoms with Gasteiger partial charge < -0.3 is 9.64 Å². The molecule has 10 aromatic rings. The van der Waals surface area contributed by atoms with Gasteiger partial charge in [0.05, 0.1) is 19.3 Å². The van der Waals surface area contributed by atoms with E-state index >= 15 is 0 Å². The van der Waals surface area contributed by atoms with Crippen LogP contribution in [0.5, 0.6) is 11.5 Å². The third-order valence-electron chi connectivity index (χ3n) is 16.9. The quantitative estimate of drug-likeness (QED) is 0.154. The summed E-state index contributed by atoms with van der Waals surface area (Å²) in [6.07, 6.45) is 0. The van der Waals surface area contributed by atoms with E-state index in [0.29, 0.717) is 0 Å². The standard InChI is InChI=1S/C68H55NOSSi2/c1-67(2)53-22-12-10-18-51(53)61-55(67)38-40-58-64(61)70-63-49(20-14-24-57(63)71-58)44-28-34-47(35-29-44)69(46-32-26-43(27-33-46)42-16-8-7-9-17-42)48-36-30-45(31-37-48)50-21-15-25-59-65(50)72-66-60(73(59,5)6)41-39-56-62(66)52-19-11-13-23-54(52)68(56,3)4/h7-41H,72H2,1-6H3. The van der Waals surface area contributed by atoms with Crippen LogP contribution in [0.2, 0.25) is 13.1 Å². The fraction of sp³-hybridized carbons (Fsp3) is 0.118. The predicted molar refractivity (Wildman–Crippen MR) is 314 cm³/mol. The molecule has 14 rings (SSSR count). The molecule has 352 valence electrons. The molecule has 2 heterocycles. The summed E-state index contributed by atoms with van der Waals surface area (Å²) in [5.74, 6) is 1.89. The van der Waals surface area contributed by atoms with E-state index in [9.17, 15) is 0 Å². The number of rotatable bonds is 6. The van der Waals surface area contributed by atoms with Crippen LogP contribution in [-0.2, 0) is 10.8 Å². The highest BCUT2D eigenvalue weighted by molar-refractivity contribution is 7.99. The van der Waals surface area contributed by atoms with Gasteiger partial charge in [0, 0.05) is 39.0 Å². The molecule has 0 atom stereocenters. The Hall–Kier alpha value is -7.42. The fourth-order valence-corrected chi connectivity index (χ4v) is 22.4. The lowest BCUT2D eigenvalue weighted by Crippen LogP contribution is -2.70. The lowest BCUT2D eigenvalue weighted by atomic mass is 9.82. The van der Waals surface area contributed by atoms with Crippen molar-refractivity contribution in [3.63, 3.8) is 0 Å². The smallest absolute Gasteiger partial charge is 0.149 e. The maximum absolute atomic E-state index is 7.15. The van der Waals surface area contributed by atoms with Gasteiger partial charge in [-0.3, -0.25) is 0 Å². The SMILES string of the molecule is CC1(C)c2ccccc2-c2c1ccc1c2Oc2c(cccc2-c2ccc(N(c3ccc(-c4ccccc4)cc3)c3ccc(-c4cccc5c4[SiH2]c4c(ccc6c4-c4ccccc4C6(C)C)[Si]5(C)C)cc3)cc2)S1. The summed E-state index contributed by atoms with van der Waals surface area (Å²) >= 11 is 1.81. The van der Waals surface area contributed by atoms with Crippen molar-refractivity contribution in [1.82, 2.24) is 0 Å². The number of hydrogen-bond acceptors (Lipinski definition) is 3. The number of nitrogens with zero attached hydrogens (tertiary/aromatic N) is 1. The van der Waals surface area contributed by atoms with Crippen molar-refractivity contribution < 1.29 is 4.74 Å². The molecule has 73 heavy (non-hydrogen) atoms. The molecule has 0 saturated carbocycles. The lowest BCUT2D eigenvalue weighted by molar-refractivity contribution is 0.457. The van der Waals surface area contributed by atoms with Gasteiger partial charge in [0.25, 0.3) is 0 Å². The van der Waals surface area contributed by atoms with Crippen molar-refractivity contribution in [2.45, 2.75) is 61.4 Å². The van der Waals surface area contributed by atoms with Crippen molar-refractivity contribution in [2.75, 3.05) is 4.90 Å². The Morgan fingerprint density at radius 3 is 1.52 bits per heavy atom. The summed E-state index contributed by atoms with van der Waals surface area (Å²) in [5, 5.41) is 6.57. The van der Waals surface area contributed by atoms with Crippen molar-refractivity contribution in [3.8, 4) is 67.1 Å². The van der Waals surface area contributed by atoms with Gasteiger partial charge in [0.15, 0.2) is 0 Å². The molecule has 2 aliphatic heterocycles. The zero-order valence-electron chi connectivity index (χ0n) is 42.2. The predicted octanol–water partition coefficient (Wildman–Crippen LogP) is 15.3. The second kappa shape index (κ2) is 16.3. The Labute approximate surface area is 437 Å². The number of anilines is 3. The third kappa shape index (κ3) is 6.68. The average Bonchev–Trinajstić information content (AvgIpc) is 3.81. The summed E-state index contributed by atoms with van der Waals surface area (Å²) in [6, 6.07) is 79.5.